The van der Waals surface area contributed by atoms with Crippen LogP contribution < -0.4 is 11.3 Å². The number of hydrogen-bond donors (Lipinski definition) is 2. The first-order valence-electron chi connectivity index (χ1n) is 3.05. The fourth-order valence-corrected chi connectivity index (χ4v) is 1.27. The van der Waals surface area contributed by atoms with E-state index in [0.29, 0.717) is 5.69 Å². The molecule has 0 spiro atoms. The second kappa shape index (κ2) is 3.68. The standard InChI is InChI=1S/C6H6IN3O2/c7-4-1-2-6(10(11)12)5(3-4)9-8/h1-3,9H,8H2. The third-order valence-corrected chi connectivity index (χ3v) is 1.98. The minimum Gasteiger partial charge on any atom is -0.318 e. The number of nitro benzene ring substituents is 1. The Bertz CT molecular complexity index is 316. The number of nitro groups is 1. The van der Waals surface area contributed by atoms with Crippen LogP contribution in [0.25, 0.3) is 0 Å². The molecule has 1 aromatic carbocycles. The van der Waals surface area contributed by atoms with Gasteiger partial charge in [-0.05, 0) is 34.7 Å². The topological polar surface area (TPSA) is 81.2 Å². The lowest BCUT2D eigenvalue weighted by molar-refractivity contribution is -0.384. The maximum atomic E-state index is 10.4. The zero-order valence-corrected chi connectivity index (χ0v) is 8.11. The van der Waals surface area contributed by atoms with Crippen LogP contribution in [-0.4, -0.2) is 4.92 Å². The maximum Gasteiger partial charge on any atom is 0.293 e. The average molecular weight is 279 g/mol. The number of nitrogens with zero attached hydrogens (tertiary/aromatic N) is 1. The largest absolute Gasteiger partial charge is 0.318 e. The molecule has 5 nitrogen and oxygen atoms in total. The summed E-state index contributed by atoms with van der Waals surface area (Å²) in [6.07, 6.45) is 0. The van der Waals surface area contributed by atoms with Crippen LogP contribution in [0.15, 0.2) is 18.2 Å². The zero-order chi connectivity index (χ0) is 9.14. The number of nitrogens with one attached hydrogen (secondary N) is 1. The van der Waals surface area contributed by atoms with Crippen LogP contribution in [0.2, 0.25) is 0 Å². The molecule has 0 aliphatic heterocycles. The summed E-state index contributed by atoms with van der Waals surface area (Å²) in [6.45, 7) is 0. The predicted octanol–water partition coefficient (Wildman–Crippen LogP) is 1.49. The van der Waals surface area contributed by atoms with Crippen molar-refractivity contribution < 1.29 is 4.92 Å². The average Bonchev–Trinajstić information content (AvgIpc) is 2.03. The number of benzene rings is 1. The smallest absolute Gasteiger partial charge is 0.293 e. The first kappa shape index (κ1) is 9.20. The van der Waals surface area contributed by atoms with Crippen molar-refractivity contribution in [2.75, 3.05) is 5.43 Å². The van der Waals surface area contributed by atoms with Crippen molar-refractivity contribution in [2.24, 2.45) is 5.84 Å². The van der Waals surface area contributed by atoms with Gasteiger partial charge in [-0.3, -0.25) is 16.0 Å². The lowest BCUT2D eigenvalue weighted by atomic mass is 10.3. The highest BCUT2D eigenvalue weighted by molar-refractivity contribution is 14.1. The Morgan fingerprint density at radius 2 is 2.25 bits per heavy atom. The summed E-state index contributed by atoms with van der Waals surface area (Å²) in [4.78, 5) is 9.92. The minimum atomic E-state index is -0.481. The molecule has 0 saturated carbocycles. The van der Waals surface area contributed by atoms with Gasteiger partial charge in [-0.2, -0.15) is 0 Å². The highest BCUT2D eigenvalue weighted by Crippen LogP contribution is 2.24. The molecule has 6 heteroatoms. The molecule has 0 heterocycles. The molecule has 0 amide bonds. The Morgan fingerprint density at radius 1 is 1.58 bits per heavy atom. The summed E-state index contributed by atoms with van der Waals surface area (Å²) in [6, 6.07) is 4.68. The molecule has 0 aliphatic carbocycles. The van der Waals surface area contributed by atoms with Gasteiger partial charge in [0, 0.05) is 9.64 Å². The van der Waals surface area contributed by atoms with Crippen LogP contribution in [0.5, 0.6) is 0 Å². The van der Waals surface area contributed by atoms with Gasteiger partial charge in [0.05, 0.1) is 4.92 Å². The van der Waals surface area contributed by atoms with E-state index in [-0.39, 0.29) is 5.69 Å². The van der Waals surface area contributed by atoms with Crippen molar-refractivity contribution in [2.45, 2.75) is 0 Å². The molecule has 0 aliphatic rings. The van der Waals surface area contributed by atoms with Gasteiger partial charge in [-0.1, -0.05) is 0 Å². The molecule has 64 valence electrons. The van der Waals surface area contributed by atoms with Crippen molar-refractivity contribution in [3.05, 3.63) is 31.9 Å². The monoisotopic (exact) mass is 279 g/mol. The Kier molecular flexibility index (Phi) is 2.82. The second-order valence-corrected chi connectivity index (χ2v) is 3.31. The van der Waals surface area contributed by atoms with Crippen LogP contribution in [0.4, 0.5) is 11.4 Å². The van der Waals surface area contributed by atoms with Crippen LogP contribution in [0.3, 0.4) is 0 Å². The zero-order valence-electron chi connectivity index (χ0n) is 5.95. The summed E-state index contributed by atoms with van der Waals surface area (Å²) in [5.41, 5.74) is 2.58. The number of hydrogen-bond acceptors (Lipinski definition) is 4. The molecule has 0 unspecified atom stereocenters. The highest BCUT2D eigenvalue weighted by atomic mass is 127. The molecular formula is C6H6IN3O2. The van der Waals surface area contributed by atoms with Crippen molar-refractivity contribution in [1.82, 2.24) is 0 Å². The summed E-state index contributed by atoms with van der Waals surface area (Å²) in [5, 5.41) is 10.4. The third-order valence-electron chi connectivity index (χ3n) is 1.31. The van der Waals surface area contributed by atoms with E-state index >= 15 is 0 Å². The van der Waals surface area contributed by atoms with Gasteiger partial charge >= 0.3 is 0 Å². The lowest BCUT2D eigenvalue weighted by Gasteiger charge is -2.00. The van der Waals surface area contributed by atoms with Gasteiger partial charge in [0.1, 0.15) is 5.69 Å². The molecule has 0 radical (unpaired) electrons. The Morgan fingerprint density at radius 3 is 2.75 bits per heavy atom. The highest BCUT2D eigenvalue weighted by Gasteiger charge is 2.11. The van der Waals surface area contributed by atoms with E-state index in [2.05, 4.69) is 28.0 Å². The first-order chi connectivity index (χ1) is 5.65. The van der Waals surface area contributed by atoms with E-state index in [1.54, 1.807) is 12.1 Å². The van der Waals surface area contributed by atoms with Gasteiger partial charge in [0.2, 0.25) is 0 Å². The van der Waals surface area contributed by atoms with E-state index < -0.39 is 4.92 Å². The van der Waals surface area contributed by atoms with Crippen molar-refractivity contribution in [3.8, 4) is 0 Å². The van der Waals surface area contributed by atoms with Crippen LogP contribution in [0.1, 0.15) is 0 Å². The van der Waals surface area contributed by atoms with Gasteiger partial charge in [0.25, 0.3) is 5.69 Å². The van der Waals surface area contributed by atoms with Crippen LogP contribution in [0, 0.1) is 13.7 Å². The van der Waals surface area contributed by atoms with E-state index in [4.69, 9.17) is 5.84 Å². The molecule has 0 saturated heterocycles. The van der Waals surface area contributed by atoms with Gasteiger partial charge in [-0.25, -0.2) is 0 Å². The molecule has 3 N–H and O–H groups in total. The van der Waals surface area contributed by atoms with Gasteiger partial charge < -0.3 is 5.43 Å². The molecular weight excluding hydrogens is 273 g/mol. The van der Waals surface area contributed by atoms with E-state index in [0.717, 1.165) is 3.57 Å². The molecule has 1 aromatic rings. The van der Waals surface area contributed by atoms with Gasteiger partial charge in [-0.15, -0.1) is 0 Å². The predicted molar refractivity (Wildman–Crippen MR) is 53.6 cm³/mol. The van der Waals surface area contributed by atoms with E-state index in [1.807, 2.05) is 0 Å². The number of hydrazine groups is 1. The molecule has 0 atom stereocenters. The first-order valence-corrected chi connectivity index (χ1v) is 4.13. The molecule has 0 fully saturated rings. The van der Waals surface area contributed by atoms with Crippen molar-refractivity contribution in [1.29, 1.82) is 0 Å². The Balaban J connectivity index is 3.20. The van der Waals surface area contributed by atoms with E-state index in [1.165, 1.54) is 6.07 Å². The Hall–Kier alpha value is -0.890. The Labute approximate surface area is 82.2 Å². The third kappa shape index (κ3) is 1.83. The fraction of sp³-hybridized carbons (Fsp3) is 0. The van der Waals surface area contributed by atoms with Crippen LogP contribution >= 0.6 is 22.6 Å². The second-order valence-electron chi connectivity index (χ2n) is 2.06. The summed E-state index contributed by atoms with van der Waals surface area (Å²) in [7, 11) is 0. The van der Waals surface area contributed by atoms with E-state index in [9.17, 15) is 10.1 Å². The minimum absolute atomic E-state index is 0.0158. The fourth-order valence-electron chi connectivity index (χ4n) is 0.783. The summed E-state index contributed by atoms with van der Waals surface area (Å²) < 4.78 is 0.895. The molecule has 0 aromatic heterocycles. The number of nitrogen functional groups attached to an aromatic ring is 1. The van der Waals surface area contributed by atoms with Gasteiger partial charge in [0.15, 0.2) is 0 Å². The lowest BCUT2D eigenvalue weighted by Crippen LogP contribution is -2.09. The van der Waals surface area contributed by atoms with Crippen molar-refractivity contribution in [3.63, 3.8) is 0 Å². The number of rotatable bonds is 2. The SMILES string of the molecule is NNc1cc(I)ccc1[N+](=O)[O-]. The molecule has 1 rings (SSSR count). The quantitative estimate of drug-likeness (QED) is 0.372. The summed E-state index contributed by atoms with van der Waals surface area (Å²) >= 11 is 2.05. The molecule has 12 heavy (non-hydrogen) atoms. The number of halogens is 1. The summed E-state index contributed by atoms with van der Waals surface area (Å²) in [5.74, 6) is 5.10. The maximum absolute atomic E-state index is 10.4. The normalized spacial score (nSPS) is 9.50. The number of anilines is 1. The van der Waals surface area contributed by atoms with Crippen molar-refractivity contribution >= 4 is 34.0 Å². The van der Waals surface area contributed by atoms with Crippen LogP contribution in [-0.2, 0) is 0 Å². The number of nitrogens with two attached hydrogens (primary N) is 1. The molecule has 0 bridgehead atoms.